The Bertz CT molecular complexity index is 1180. The highest BCUT2D eigenvalue weighted by atomic mass is 32.2. The molecule has 1 N–H and O–H groups in total. The predicted octanol–water partition coefficient (Wildman–Crippen LogP) is 2.73. The Labute approximate surface area is 161 Å². The van der Waals surface area contributed by atoms with Crippen LogP contribution >= 0.6 is 11.8 Å². The highest BCUT2D eigenvalue weighted by Gasteiger charge is 2.20. The second kappa shape index (κ2) is 7.13. The maximum Gasteiger partial charge on any atom is 0.196 e. The third kappa shape index (κ3) is 3.06. The van der Waals surface area contributed by atoms with E-state index in [-0.39, 0.29) is 15.6 Å². The molecule has 0 aliphatic rings. The highest BCUT2D eigenvalue weighted by Crippen LogP contribution is 2.33. The number of ketones is 1. The van der Waals surface area contributed by atoms with Crippen LogP contribution in [-0.2, 0) is 7.05 Å². The number of hydrogen-bond donors (Lipinski definition) is 1. The fourth-order valence-corrected chi connectivity index (χ4v) is 3.53. The van der Waals surface area contributed by atoms with Crippen LogP contribution in [0, 0.1) is 11.6 Å². The Morgan fingerprint density at radius 1 is 1.21 bits per heavy atom. The molecular formula is C18H13F2N5O2S. The molecule has 0 saturated heterocycles. The van der Waals surface area contributed by atoms with Gasteiger partial charge in [-0.15, -0.1) is 10.2 Å². The van der Waals surface area contributed by atoms with Crippen LogP contribution in [0.15, 0.2) is 52.8 Å². The lowest BCUT2D eigenvalue weighted by Crippen LogP contribution is -2.06. The molecule has 10 heteroatoms. The van der Waals surface area contributed by atoms with Gasteiger partial charge < -0.3 is 9.67 Å². The minimum Gasteiger partial charge on any atom is -0.388 e. The molecule has 28 heavy (non-hydrogen) atoms. The first-order valence-corrected chi connectivity index (χ1v) is 8.94. The molecule has 0 aliphatic heterocycles. The summed E-state index contributed by atoms with van der Waals surface area (Å²) in [5.41, 5.74) is 1.18. The zero-order chi connectivity index (χ0) is 19.8. The number of halogens is 2. The van der Waals surface area contributed by atoms with E-state index in [1.165, 1.54) is 0 Å². The number of aliphatic hydroxyl groups excluding tert-OH is 1. The van der Waals surface area contributed by atoms with Crippen molar-refractivity contribution in [3.63, 3.8) is 0 Å². The number of fused-ring (bicyclic) bond motifs is 1. The first-order valence-electron chi connectivity index (χ1n) is 8.12. The lowest BCUT2D eigenvalue weighted by atomic mass is 10.1. The molecule has 4 aromatic rings. The number of carbonyl (C=O) groups excluding carboxylic acids is 1. The Balaban J connectivity index is 1.70. The minimum atomic E-state index is -0.916. The molecule has 4 rings (SSSR count). The van der Waals surface area contributed by atoms with E-state index in [0.717, 1.165) is 29.5 Å². The largest absolute Gasteiger partial charge is 0.388 e. The van der Waals surface area contributed by atoms with Crippen molar-refractivity contribution in [3.05, 3.63) is 59.9 Å². The van der Waals surface area contributed by atoms with Crippen molar-refractivity contribution < 1.29 is 18.7 Å². The van der Waals surface area contributed by atoms with Crippen molar-refractivity contribution in [2.45, 2.75) is 10.1 Å². The number of Topliss-reactive ketones (excluding diaryl/α,β-unsaturated/α-hetero) is 1. The summed E-state index contributed by atoms with van der Waals surface area (Å²) in [4.78, 5) is 15.4. The summed E-state index contributed by atoms with van der Waals surface area (Å²) >= 11 is 0.755. The number of nitrogens with zero attached hydrogens (tertiary/aromatic N) is 5. The molecule has 0 fully saturated rings. The summed E-state index contributed by atoms with van der Waals surface area (Å²) in [6, 6.07) is 7.35. The van der Waals surface area contributed by atoms with Crippen LogP contribution in [0.2, 0.25) is 0 Å². The Morgan fingerprint density at radius 3 is 2.68 bits per heavy atom. The topological polar surface area (TPSA) is 85.3 Å². The summed E-state index contributed by atoms with van der Waals surface area (Å²) in [7, 11) is 1.68. The van der Waals surface area contributed by atoms with Gasteiger partial charge in [0.25, 0.3) is 0 Å². The summed E-state index contributed by atoms with van der Waals surface area (Å²) in [5.74, 6) is -2.11. The van der Waals surface area contributed by atoms with Crippen molar-refractivity contribution in [1.82, 2.24) is 24.1 Å². The van der Waals surface area contributed by atoms with E-state index in [1.807, 2.05) is 28.8 Å². The molecule has 1 aromatic carbocycles. The normalized spacial score (nSPS) is 11.3. The number of carbonyl (C=O) groups is 1. The number of imidazole rings is 1. The van der Waals surface area contributed by atoms with Crippen molar-refractivity contribution in [2.24, 2.45) is 7.05 Å². The maximum absolute atomic E-state index is 14.3. The fourth-order valence-electron chi connectivity index (χ4n) is 2.73. The first-order chi connectivity index (χ1) is 13.5. The molecule has 7 nitrogen and oxygen atoms in total. The van der Waals surface area contributed by atoms with Gasteiger partial charge in [0.15, 0.2) is 16.8 Å². The number of benzene rings is 1. The van der Waals surface area contributed by atoms with E-state index in [2.05, 4.69) is 15.2 Å². The van der Waals surface area contributed by atoms with Gasteiger partial charge in [-0.25, -0.2) is 13.8 Å². The zero-order valence-corrected chi connectivity index (χ0v) is 15.3. The van der Waals surface area contributed by atoms with Crippen molar-refractivity contribution in [1.29, 1.82) is 0 Å². The van der Waals surface area contributed by atoms with Crippen LogP contribution in [-0.4, -0.2) is 41.6 Å². The highest BCUT2D eigenvalue weighted by molar-refractivity contribution is 7.99. The Hall–Kier alpha value is -3.11. The predicted molar refractivity (Wildman–Crippen MR) is 97.1 cm³/mol. The van der Waals surface area contributed by atoms with Crippen LogP contribution in [0.3, 0.4) is 0 Å². The molecular weight excluding hydrogens is 388 g/mol. The third-order valence-corrected chi connectivity index (χ3v) is 5.27. The first kappa shape index (κ1) is 18.3. The average Bonchev–Trinajstić information content (AvgIpc) is 3.27. The molecule has 0 radical (unpaired) electrons. The second-order valence-electron chi connectivity index (χ2n) is 5.89. The van der Waals surface area contributed by atoms with E-state index < -0.39 is 24.0 Å². The van der Waals surface area contributed by atoms with Crippen LogP contribution in [0.25, 0.3) is 17.2 Å². The van der Waals surface area contributed by atoms with Gasteiger partial charge in [0, 0.05) is 18.8 Å². The number of aromatic nitrogens is 5. The van der Waals surface area contributed by atoms with E-state index >= 15 is 0 Å². The van der Waals surface area contributed by atoms with Crippen molar-refractivity contribution in [3.8, 4) is 11.5 Å². The molecule has 0 atom stereocenters. The lowest BCUT2D eigenvalue weighted by Gasteiger charge is -2.07. The molecule has 142 valence electrons. The quantitative estimate of drug-likeness (QED) is 0.518. The van der Waals surface area contributed by atoms with Gasteiger partial charge in [-0.1, -0.05) is 6.07 Å². The molecule has 0 aliphatic carbocycles. The van der Waals surface area contributed by atoms with E-state index in [4.69, 9.17) is 5.11 Å². The summed E-state index contributed by atoms with van der Waals surface area (Å²) in [6.45, 7) is -0.822. The fraction of sp³-hybridized carbons (Fsp3) is 0.111. The smallest absolute Gasteiger partial charge is 0.196 e. The molecule has 0 saturated carbocycles. The summed E-state index contributed by atoms with van der Waals surface area (Å²) < 4.78 is 32.1. The summed E-state index contributed by atoms with van der Waals surface area (Å²) in [5, 5.41) is 17.3. The van der Waals surface area contributed by atoms with Crippen molar-refractivity contribution >= 4 is 23.2 Å². The minimum absolute atomic E-state index is 0.230. The van der Waals surface area contributed by atoms with Gasteiger partial charge in [-0.2, -0.15) is 0 Å². The zero-order valence-electron chi connectivity index (χ0n) is 14.5. The number of pyridine rings is 1. The number of aliphatic hydroxyl groups is 1. The molecule has 0 bridgehead atoms. The van der Waals surface area contributed by atoms with Crippen LogP contribution in [0.1, 0.15) is 10.4 Å². The third-order valence-electron chi connectivity index (χ3n) is 4.14. The van der Waals surface area contributed by atoms with Crippen molar-refractivity contribution in [2.75, 3.05) is 6.61 Å². The van der Waals surface area contributed by atoms with E-state index in [9.17, 15) is 13.6 Å². The molecule has 0 unspecified atom stereocenters. The molecule has 3 heterocycles. The standard InChI is InChI=1S/C18H13F2N5O2S/c1-24-17(13-8-21-15-4-2-3-5-25(13)15)22-23-18(24)28-16-11(19)6-10(7-12(16)20)14(27)9-26/h2-8,26H,9H2,1H3. The van der Waals surface area contributed by atoms with Gasteiger partial charge >= 0.3 is 0 Å². The molecule has 0 spiro atoms. The monoisotopic (exact) mass is 401 g/mol. The van der Waals surface area contributed by atoms with E-state index in [1.54, 1.807) is 17.8 Å². The summed E-state index contributed by atoms with van der Waals surface area (Å²) in [6.07, 6.45) is 3.47. The molecule has 0 amide bonds. The van der Waals surface area contributed by atoms with Gasteiger partial charge in [-0.3, -0.25) is 9.20 Å². The van der Waals surface area contributed by atoms with Crippen LogP contribution in [0.5, 0.6) is 0 Å². The van der Waals surface area contributed by atoms with Gasteiger partial charge in [0.2, 0.25) is 0 Å². The maximum atomic E-state index is 14.3. The van der Waals surface area contributed by atoms with Crippen LogP contribution < -0.4 is 0 Å². The second-order valence-corrected chi connectivity index (χ2v) is 6.87. The van der Waals surface area contributed by atoms with Gasteiger partial charge in [-0.05, 0) is 36.0 Å². The van der Waals surface area contributed by atoms with Gasteiger partial charge in [0.1, 0.15) is 29.6 Å². The molecule has 3 aromatic heterocycles. The lowest BCUT2D eigenvalue weighted by molar-refractivity contribution is 0.0902. The van der Waals surface area contributed by atoms with E-state index in [0.29, 0.717) is 11.5 Å². The Kier molecular flexibility index (Phi) is 4.65. The number of hydrogen-bond acceptors (Lipinski definition) is 6. The van der Waals surface area contributed by atoms with Crippen LogP contribution in [0.4, 0.5) is 8.78 Å². The van der Waals surface area contributed by atoms with Gasteiger partial charge in [0.05, 0.1) is 11.1 Å². The number of rotatable bonds is 5. The SMILES string of the molecule is Cn1c(Sc2c(F)cc(C(=O)CO)cc2F)nnc1-c1cnc2ccccn12. The Morgan fingerprint density at radius 2 is 1.96 bits per heavy atom. The average molecular weight is 401 g/mol.